The van der Waals surface area contributed by atoms with Crippen molar-refractivity contribution in [2.75, 3.05) is 20.2 Å². The maximum Gasteiger partial charge on any atom is 0.401 e. The number of nitrogens with zero attached hydrogens (tertiary/aromatic N) is 1. The zero-order chi connectivity index (χ0) is 12.1. The number of carbonyl (C=O) groups is 1. The fourth-order valence-electron chi connectivity index (χ4n) is 1.25. The van der Waals surface area contributed by atoms with Gasteiger partial charge in [0.05, 0.1) is 13.7 Å². The average molecular weight is 227 g/mol. The van der Waals surface area contributed by atoms with Crippen LogP contribution in [0.15, 0.2) is 0 Å². The van der Waals surface area contributed by atoms with Crippen molar-refractivity contribution in [1.82, 2.24) is 4.90 Å². The first-order valence-corrected chi connectivity index (χ1v) is 4.70. The molecule has 0 aliphatic carbocycles. The lowest BCUT2D eigenvalue weighted by Crippen LogP contribution is -2.45. The Morgan fingerprint density at radius 1 is 1.47 bits per heavy atom. The summed E-state index contributed by atoms with van der Waals surface area (Å²) in [5.41, 5.74) is 0. The molecule has 0 fully saturated rings. The van der Waals surface area contributed by atoms with E-state index in [9.17, 15) is 18.0 Å². The van der Waals surface area contributed by atoms with Gasteiger partial charge in [-0.2, -0.15) is 13.2 Å². The van der Waals surface area contributed by atoms with E-state index in [2.05, 4.69) is 4.74 Å². The second kappa shape index (κ2) is 5.95. The van der Waals surface area contributed by atoms with E-state index in [4.69, 9.17) is 0 Å². The molecule has 0 amide bonds. The standard InChI is InChI=1S/C9H16F3NO2/c1-4-5-13(6-9(10,11)12)7(2)8(14)15-3/h7H,4-6H2,1-3H3. The van der Waals surface area contributed by atoms with Crippen LogP contribution in [0.2, 0.25) is 0 Å². The number of carbonyl (C=O) groups excluding carboxylic acids is 1. The summed E-state index contributed by atoms with van der Waals surface area (Å²) in [6.45, 7) is 2.30. The van der Waals surface area contributed by atoms with Gasteiger partial charge in [-0.25, -0.2) is 0 Å². The molecule has 0 saturated carbocycles. The molecule has 1 unspecified atom stereocenters. The first-order chi connectivity index (χ1) is 6.81. The Kier molecular flexibility index (Phi) is 5.64. The molecule has 6 heteroatoms. The molecule has 0 radical (unpaired) electrons. The third-order valence-electron chi connectivity index (χ3n) is 1.98. The van der Waals surface area contributed by atoms with Crippen molar-refractivity contribution in [3.8, 4) is 0 Å². The van der Waals surface area contributed by atoms with Crippen molar-refractivity contribution in [3.05, 3.63) is 0 Å². The molecular weight excluding hydrogens is 211 g/mol. The summed E-state index contributed by atoms with van der Waals surface area (Å²) < 4.78 is 40.9. The molecule has 0 saturated heterocycles. The van der Waals surface area contributed by atoms with Crippen LogP contribution in [0.25, 0.3) is 0 Å². The molecule has 0 spiro atoms. The molecule has 0 aliphatic rings. The predicted octanol–water partition coefficient (Wildman–Crippen LogP) is 1.82. The number of rotatable bonds is 5. The molecule has 15 heavy (non-hydrogen) atoms. The van der Waals surface area contributed by atoms with Crippen LogP contribution in [0.5, 0.6) is 0 Å². The van der Waals surface area contributed by atoms with Crippen LogP contribution < -0.4 is 0 Å². The van der Waals surface area contributed by atoms with E-state index >= 15 is 0 Å². The zero-order valence-corrected chi connectivity index (χ0v) is 9.10. The quantitative estimate of drug-likeness (QED) is 0.671. The third kappa shape index (κ3) is 5.61. The van der Waals surface area contributed by atoms with E-state index in [1.54, 1.807) is 6.92 Å². The number of halogens is 3. The molecular formula is C9H16F3NO2. The Bertz CT molecular complexity index is 206. The minimum atomic E-state index is -4.29. The van der Waals surface area contributed by atoms with E-state index in [0.29, 0.717) is 6.42 Å². The average Bonchev–Trinajstić information content (AvgIpc) is 2.13. The molecule has 3 nitrogen and oxygen atoms in total. The zero-order valence-electron chi connectivity index (χ0n) is 9.10. The Morgan fingerprint density at radius 3 is 2.33 bits per heavy atom. The monoisotopic (exact) mass is 227 g/mol. The van der Waals surface area contributed by atoms with Crippen LogP contribution in [-0.4, -0.2) is 43.3 Å². The van der Waals surface area contributed by atoms with E-state index in [1.807, 2.05) is 0 Å². The molecule has 0 heterocycles. The Balaban J connectivity index is 4.44. The molecule has 0 aromatic heterocycles. The highest BCUT2D eigenvalue weighted by molar-refractivity contribution is 5.75. The van der Waals surface area contributed by atoms with Crippen LogP contribution in [-0.2, 0) is 9.53 Å². The number of hydrogen-bond acceptors (Lipinski definition) is 3. The van der Waals surface area contributed by atoms with Crippen LogP contribution in [0, 0.1) is 0 Å². The second-order valence-electron chi connectivity index (χ2n) is 3.28. The van der Waals surface area contributed by atoms with E-state index in [1.165, 1.54) is 6.92 Å². The highest BCUT2D eigenvalue weighted by Gasteiger charge is 2.34. The SMILES string of the molecule is CCCN(CC(F)(F)F)C(C)C(=O)OC. The molecule has 0 aromatic rings. The Hall–Kier alpha value is -0.780. The first-order valence-electron chi connectivity index (χ1n) is 4.70. The van der Waals surface area contributed by atoms with Gasteiger partial charge in [0.15, 0.2) is 0 Å². The summed E-state index contributed by atoms with van der Waals surface area (Å²) >= 11 is 0. The molecule has 1 atom stereocenters. The van der Waals surface area contributed by atoms with Gasteiger partial charge in [0, 0.05) is 0 Å². The van der Waals surface area contributed by atoms with Gasteiger partial charge in [0.1, 0.15) is 6.04 Å². The number of alkyl halides is 3. The molecule has 0 aromatic carbocycles. The lowest BCUT2D eigenvalue weighted by atomic mass is 10.2. The highest BCUT2D eigenvalue weighted by Crippen LogP contribution is 2.18. The van der Waals surface area contributed by atoms with Gasteiger partial charge >= 0.3 is 12.1 Å². The highest BCUT2D eigenvalue weighted by atomic mass is 19.4. The summed E-state index contributed by atoms with van der Waals surface area (Å²) in [5.74, 6) is -0.646. The summed E-state index contributed by atoms with van der Waals surface area (Å²) in [5, 5.41) is 0. The van der Waals surface area contributed by atoms with Gasteiger partial charge in [-0.3, -0.25) is 9.69 Å². The van der Waals surface area contributed by atoms with Gasteiger partial charge in [0.2, 0.25) is 0 Å². The van der Waals surface area contributed by atoms with Gasteiger partial charge in [-0.15, -0.1) is 0 Å². The number of methoxy groups -OCH3 is 1. The minimum Gasteiger partial charge on any atom is -0.468 e. The normalized spacial score (nSPS) is 14.1. The van der Waals surface area contributed by atoms with Crippen LogP contribution in [0.3, 0.4) is 0 Å². The molecule has 0 N–H and O–H groups in total. The van der Waals surface area contributed by atoms with Crippen LogP contribution >= 0.6 is 0 Å². The van der Waals surface area contributed by atoms with E-state index in [-0.39, 0.29) is 6.54 Å². The summed E-state index contributed by atoms with van der Waals surface area (Å²) in [7, 11) is 1.16. The largest absolute Gasteiger partial charge is 0.468 e. The lowest BCUT2D eigenvalue weighted by molar-refractivity contribution is -0.162. The first kappa shape index (κ1) is 14.2. The molecule has 0 rings (SSSR count). The predicted molar refractivity (Wildman–Crippen MR) is 49.4 cm³/mol. The van der Waals surface area contributed by atoms with Gasteiger partial charge in [0.25, 0.3) is 0 Å². The van der Waals surface area contributed by atoms with Crippen LogP contribution in [0.4, 0.5) is 13.2 Å². The van der Waals surface area contributed by atoms with Crippen molar-refractivity contribution in [2.24, 2.45) is 0 Å². The second-order valence-corrected chi connectivity index (χ2v) is 3.28. The van der Waals surface area contributed by atoms with Crippen molar-refractivity contribution < 1.29 is 22.7 Å². The van der Waals surface area contributed by atoms with Gasteiger partial charge in [-0.05, 0) is 19.9 Å². The van der Waals surface area contributed by atoms with Crippen LogP contribution in [0.1, 0.15) is 20.3 Å². The minimum absolute atomic E-state index is 0.218. The molecule has 90 valence electrons. The topological polar surface area (TPSA) is 29.5 Å². The Labute approximate surface area is 87.2 Å². The van der Waals surface area contributed by atoms with Crippen molar-refractivity contribution in [3.63, 3.8) is 0 Å². The fraction of sp³-hybridized carbons (Fsp3) is 0.889. The summed E-state index contributed by atoms with van der Waals surface area (Å²) in [6, 6.07) is -0.864. The fourth-order valence-corrected chi connectivity index (χ4v) is 1.25. The van der Waals surface area contributed by atoms with E-state index in [0.717, 1.165) is 12.0 Å². The maximum atomic E-state index is 12.2. The smallest absolute Gasteiger partial charge is 0.401 e. The summed E-state index contributed by atoms with van der Waals surface area (Å²) in [6.07, 6.45) is -3.74. The van der Waals surface area contributed by atoms with Crippen molar-refractivity contribution in [1.29, 1.82) is 0 Å². The maximum absolute atomic E-state index is 12.2. The van der Waals surface area contributed by atoms with E-state index < -0.39 is 24.7 Å². The van der Waals surface area contributed by atoms with Crippen molar-refractivity contribution in [2.45, 2.75) is 32.5 Å². The number of ether oxygens (including phenoxy) is 1. The number of esters is 1. The number of hydrogen-bond donors (Lipinski definition) is 0. The van der Waals surface area contributed by atoms with Crippen molar-refractivity contribution >= 4 is 5.97 Å². The molecule has 0 aliphatic heterocycles. The Morgan fingerprint density at radius 2 is 2.00 bits per heavy atom. The van der Waals surface area contributed by atoms with Gasteiger partial charge < -0.3 is 4.74 Å². The third-order valence-corrected chi connectivity index (χ3v) is 1.98. The lowest BCUT2D eigenvalue weighted by Gasteiger charge is -2.27. The van der Waals surface area contributed by atoms with Gasteiger partial charge in [-0.1, -0.05) is 6.92 Å². The summed E-state index contributed by atoms with van der Waals surface area (Å²) in [4.78, 5) is 12.1. The molecule has 0 bridgehead atoms.